The average molecular weight is 327 g/mol. The first-order chi connectivity index (χ1) is 8.33. The molecule has 0 aromatic carbocycles. The summed E-state index contributed by atoms with van der Waals surface area (Å²) >= 11 is 3.14. The van der Waals surface area contributed by atoms with Crippen molar-refractivity contribution in [3.63, 3.8) is 0 Å². The van der Waals surface area contributed by atoms with Gasteiger partial charge in [0.2, 0.25) is 0 Å². The number of ether oxygens (including phenoxy) is 1. The molecule has 0 saturated carbocycles. The Labute approximate surface area is 110 Å². The van der Waals surface area contributed by atoms with Gasteiger partial charge in [-0.05, 0) is 28.1 Å². The van der Waals surface area contributed by atoms with E-state index in [1.807, 2.05) is 0 Å². The maximum atomic E-state index is 12.1. The molecule has 1 N–H and O–H groups in total. The van der Waals surface area contributed by atoms with Gasteiger partial charge >= 0.3 is 12.1 Å². The van der Waals surface area contributed by atoms with Gasteiger partial charge in [0, 0.05) is 10.7 Å². The van der Waals surface area contributed by atoms with Gasteiger partial charge in [0.05, 0.1) is 19.3 Å². The minimum absolute atomic E-state index is 0.161. The van der Waals surface area contributed by atoms with E-state index in [0.717, 1.165) is 7.11 Å². The van der Waals surface area contributed by atoms with Crippen LogP contribution in [0.25, 0.3) is 0 Å². The summed E-state index contributed by atoms with van der Waals surface area (Å²) in [5.74, 6) is -0.825. The SMILES string of the molecule is COC(=O)C(NCC(F)(F)F)c1ccc(Br)cn1. The van der Waals surface area contributed by atoms with Crippen LogP contribution in [0.1, 0.15) is 11.7 Å². The number of aromatic nitrogens is 1. The van der Waals surface area contributed by atoms with E-state index >= 15 is 0 Å². The minimum atomic E-state index is -4.42. The maximum absolute atomic E-state index is 12.1. The first-order valence-electron chi connectivity index (χ1n) is 4.83. The molecule has 0 bridgehead atoms. The van der Waals surface area contributed by atoms with Gasteiger partial charge in [-0.25, -0.2) is 4.79 Å². The summed E-state index contributed by atoms with van der Waals surface area (Å²) in [6.45, 7) is -1.30. The number of esters is 1. The zero-order valence-electron chi connectivity index (χ0n) is 9.29. The molecule has 4 nitrogen and oxygen atoms in total. The van der Waals surface area contributed by atoms with Crippen LogP contribution in [-0.2, 0) is 9.53 Å². The van der Waals surface area contributed by atoms with Crippen molar-refractivity contribution in [2.24, 2.45) is 0 Å². The van der Waals surface area contributed by atoms with Crippen LogP contribution in [0.2, 0.25) is 0 Å². The third-order valence-corrected chi connectivity index (χ3v) is 2.46. The molecule has 1 rings (SSSR count). The van der Waals surface area contributed by atoms with Crippen LogP contribution in [0.4, 0.5) is 13.2 Å². The van der Waals surface area contributed by atoms with Crippen molar-refractivity contribution in [1.82, 2.24) is 10.3 Å². The number of hydrogen-bond donors (Lipinski definition) is 1. The number of carbonyl (C=O) groups excluding carboxylic acids is 1. The molecule has 100 valence electrons. The molecule has 0 radical (unpaired) electrons. The number of pyridine rings is 1. The summed E-state index contributed by atoms with van der Waals surface area (Å²) < 4.78 is 41.5. The number of alkyl halides is 3. The first kappa shape index (κ1) is 14.9. The topological polar surface area (TPSA) is 51.2 Å². The van der Waals surface area contributed by atoms with E-state index in [9.17, 15) is 18.0 Å². The summed E-state index contributed by atoms with van der Waals surface area (Å²) in [6, 6.07) is 1.77. The fourth-order valence-electron chi connectivity index (χ4n) is 1.20. The van der Waals surface area contributed by atoms with Crippen LogP contribution in [-0.4, -0.2) is 30.8 Å². The molecule has 1 aromatic rings. The van der Waals surface area contributed by atoms with Crippen molar-refractivity contribution >= 4 is 21.9 Å². The van der Waals surface area contributed by atoms with Gasteiger partial charge in [0.1, 0.15) is 6.04 Å². The summed E-state index contributed by atoms with van der Waals surface area (Å²) in [6.07, 6.45) is -3.03. The van der Waals surface area contributed by atoms with Crippen molar-refractivity contribution in [2.45, 2.75) is 12.2 Å². The molecule has 0 aliphatic rings. The second-order valence-electron chi connectivity index (χ2n) is 3.35. The third kappa shape index (κ3) is 4.61. The molecule has 0 spiro atoms. The van der Waals surface area contributed by atoms with Gasteiger partial charge in [-0.2, -0.15) is 13.2 Å². The Morgan fingerprint density at radius 3 is 2.67 bits per heavy atom. The highest BCUT2D eigenvalue weighted by Crippen LogP contribution is 2.18. The molecule has 0 saturated heterocycles. The third-order valence-electron chi connectivity index (χ3n) is 1.99. The fraction of sp³-hybridized carbons (Fsp3) is 0.400. The van der Waals surface area contributed by atoms with E-state index < -0.39 is 24.7 Å². The maximum Gasteiger partial charge on any atom is 0.401 e. The second kappa shape index (κ2) is 6.14. The van der Waals surface area contributed by atoms with Crippen LogP contribution in [0.3, 0.4) is 0 Å². The number of rotatable bonds is 4. The van der Waals surface area contributed by atoms with Gasteiger partial charge in [-0.1, -0.05) is 0 Å². The Balaban J connectivity index is 2.85. The molecular weight excluding hydrogens is 317 g/mol. The summed E-state index contributed by atoms with van der Waals surface area (Å²) in [5, 5.41) is 2.07. The Hall–Kier alpha value is -1.15. The Morgan fingerprint density at radius 2 is 2.22 bits per heavy atom. The van der Waals surface area contributed by atoms with Gasteiger partial charge in [0.25, 0.3) is 0 Å². The van der Waals surface area contributed by atoms with Crippen LogP contribution < -0.4 is 5.32 Å². The molecule has 18 heavy (non-hydrogen) atoms. The molecule has 0 aliphatic heterocycles. The lowest BCUT2D eigenvalue weighted by Crippen LogP contribution is -2.37. The normalized spacial score (nSPS) is 13.2. The number of nitrogens with one attached hydrogen (secondary N) is 1. The highest BCUT2D eigenvalue weighted by atomic mass is 79.9. The molecule has 1 atom stereocenters. The number of halogens is 4. The lowest BCUT2D eigenvalue weighted by atomic mass is 10.2. The fourth-order valence-corrected chi connectivity index (χ4v) is 1.44. The van der Waals surface area contributed by atoms with Gasteiger partial charge in [-0.3, -0.25) is 10.3 Å². The van der Waals surface area contributed by atoms with Gasteiger partial charge in [0.15, 0.2) is 0 Å². The number of carbonyl (C=O) groups is 1. The van der Waals surface area contributed by atoms with Crippen molar-refractivity contribution in [2.75, 3.05) is 13.7 Å². The molecule has 0 amide bonds. The Morgan fingerprint density at radius 1 is 1.56 bits per heavy atom. The smallest absolute Gasteiger partial charge is 0.401 e. The van der Waals surface area contributed by atoms with E-state index in [2.05, 4.69) is 31.0 Å². The number of nitrogens with zero attached hydrogens (tertiary/aromatic N) is 1. The zero-order valence-corrected chi connectivity index (χ0v) is 10.9. The Bertz CT molecular complexity index is 409. The molecule has 1 unspecified atom stereocenters. The molecular formula is C10H10BrF3N2O2. The standard InChI is InChI=1S/C10H10BrF3N2O2/c1-18-9(17)8(16-5-10(12,13)14)7-3-2-6(11)4-15-7/h2-4,8,16H,5H2,1H3. The van der Waals surface area contributed by atoms with Crippen LogP contribution in [0.5, 0.6) is 0 Å². The molecule has 0 aliphatic carbocycles. The van der Waals surface area contributed by atoms with Crippen molar-refractivity contribution in [3.8, 4) is 0 Å². The van der Waals surface area contributed by atoms with Gasteiger partial charge < -0.3 is 4.74 Å². The zero-order chi connectivity index (χ0) is 13.8. The van der Waals surface area contributed by atoms with Crippen LogP contribution in [0.15, 0.2) is 22.8 Å². The van der Waals surface area contributed by atoms with Crippen molar-refractivity contribution in [1.29, 1.82) is 0 Å². The summed E-state index contributed by atoms with van der Waals surface area (Å²) in [5.41, 5.74) is 0.161. The van der Waals surface area contributed by atoms with E-state index in [4.69, 9.17) is 0 Å². The van der Waals surface area contributed by atoms with E-state index in [0.29, 0.717) is 4.47 Å². The molecule has 0 fully saturated rings. The molecule has 1 aromatic heterocycles. The molecule has 1 heterocycles. The predicted molar refractivity (Wildman–Crippen MR) is 60.8 cm³/mol. The largest absolute Gasteiger partial charge is 0.468 e. The highest BCUT2D eigenvalue weighted by Gasteiger charge is 2.31. The van der Waals surface area contributed by atoms with E-state index in [1.54, 1.807) is 6.07 Å². The highest BCUT2D eigenvalue weighted by molar-refractivity contribution is 9.10. The summed E-state index contributed by atoms with van der Waals surface area (Å²) in [7, 11) is 1.10. The van der Waals surface area contributed by atoms with Crippen molar-refractivity contribution in [3.05, 3.63) is 28.5 Å². The van der Waals surface area contributed by atoms with Crippen LogP contribution in [0, 0.1) is 0 Å². The van der Waals surface area contributed by atoms with Crippen LogP contribution >= 0.6 is 15.9 Å². The first-order valence-corrected chi connectivity index (χ1v) is 5.62. The van der Waals surface area contributed by atoms with Crippen molar-refractivity contribution < 1.29 is 22.7 Å². The quantitative estimate of drug-likeness (QED) is 0.862. The minimum Gasteiger partial charge on any atom is -0.468 e. The van der Waals surface area contributed by atoms with E-state index in [1.165, 1.54) is 12.3 Å². The molecule has 8 heteroatoms. The number of methoxy groups -OCH3 is 1. The predicted octanol–water partition coefficient (Wildman–Crippen LogP) is 2.21. The number of hydrogen-bond acceptors (Lipinski definition) is 4. The monoisotopic (exact) mass is 326 g/mol. The lowest BCUT2D eigenvalue weighted by molar-refractivity contribution is -0.146. The lowest BCUT2D eigenvalue weighted by Gasteiger charge is -2.17. The Kier molecular flexibility index (Phi) is 5.09. The van der Waals surface area contributed by atoms with Gasteiger partial charge in [-0.15, -0.1) is 0 Å². The summed E-state index contributed by atoms with van der Waals surface area (Å²) in [4.78, 5) is 15.3. The van der Waals surface area contributed by atoms with E-state index in [-0.39, 0.29) is 5.69 Å². The average Bonchev–Trinajstić information content (AvgIpc) is 2.29. The second-order valence-corrected chi connectivity index (χ2v) is 4.27.